The topological polar surface area (TPSA) is 78.5 Å². The highest BCUT2D eigenvalue weighted by atomic mass is 32.2. The smallest absolute Gasteiger partial charge is 0.259 e. The molecule has 0 amide bonds. The second-order valence-corrected chi connectivity index (χ2v) is 7.87. The largest absolute Gasteiger partial charge is 0.419 e. The van der Waals surface area contributed by atoms with Gasteiger partial charge in [0, 0.05) is 6.07 Å². The van der Waals surface area contributed by atoms with E-state index in [1.165, 1.54) is 22.5 Å². The lowest BCUT2D eigenvalue weighted by atomic mass is 10.2. The number of hydrogen-bond acceptors (Lipinski definition) is 4. The Morgan fingerprint density at radius 2 is 1.70 bits per heavy atom. The standard InChI is InChI=1S/C17H15F3N4O2S/c18-17(19,20)14-5-6-16(22-12-14)23-7-9-24(10-8-23)27(25,26)15-4-2-1-3-13(15)11-21/h1-6,12H,7-10H2/p+1. The second-order valence-electron chi connectivity index (χ2n) is 5.96. The fraction of sp³-hybridized carbons (Fsp3) is 0.294. The molecule has 1 fully saturated rings. The van der Waals surface area contributed by atoms with Crippen LogP contribution in [0.2, 0.25) is 0 Å². The predicted molar refractivity (Wildman–Crippen MR) is 90.1 cm³/mol. The first-order valence-corrected chi connectivity index (χ1v) is 9.50. The highest BCUT2D eigenvalue weighted by Gasteiger charge is 2.35. The SMILES string of the molecule is N#Cc1ccccc1S(=O)(=O)N1CCN(c2ccc(C(F)(F)F)c[nH+]2)CC1. The molecule has 0 unspecified atom stereocenters. The Labute approximate surface area is 154 Å². The fourth-order valence-corrected chi connectivity index (χ4v) is 4.45. The van der Waals surface area contributed by atoms with Gasteiger partial charge in [-0.15, -0.1) is 0 Å². The van der Waals surface area contributed by atoms with Gasteiger partial charge < -0.3 is 0 Å². The predicted octanol–water partition coefficient (Wildman–Crippen LogP) is 1.90. The van der Waals surface area contributed by atoms with Crippen molar-refractivity contribution in [1.82, 2.24) is 4.31 Å². The molecule has 0 bridgehead atoms. The van der Waals surface area contributed by atoms with Crippen molar-refractivity contribution in [2.24, 2.45) is 0 Å². The van der Waals surface area contributed by atoms with Crippen molar-refractivity contribution in [2.75, 3.05) is 31.1 Å². The number of sulfonamides is 1. The van der Waals surface area contributed by atoms with Crippen LogP contribution in [0.1, 0.15) is 11.1 Å². The van der Waals surface area contributed by atoms with Gasteiger partial charge in [0.15, 0.2) is 0 Å². The molecule has 6 nitrogen and oxygen atoms in total. The van der Waals surface area contributed by atoms with E-state index in [0.29, 0.717) is 18.9 Å². The maximum Gasteiger partial charge on any atom is 0.419 e. The number of piperazine rings is 1. The molecule has 1 aromatic carbocycles. The number of benzene rings is 1. The number of aromatic nitrogens is 1. The molecular formula is C17H16F3N4O2S+. The van der Waals surface area contributed by atoms with Crippen molar-refractivity contribution < 1.29 is 26.6 Å². The Bertz CT molecular complexity index is 961. The number of rotatable bonds is 3. The number of hydrogen-bond donors (Lipinski definition) is 0. The number of aromatic amines is 1. The third kappa shape index (κ3) is 3.89. The first-order chi connectivity index (χ1) is 12.7. The minimum absolute atomic E-state index is 0.0398. The lowest BCUT2D eigenvalue weighted by Gasteiger charge is -2.30. The van der Waals surface area contributed by atoms with Gasteiger partial charge in [0.05, 0.1) is 42.2 Å². The Balaban J connectivity index is 1.73. The second kappa shape index (κ2) is 7.17. The minimum atomic E-state index is -4.42. The summed E-state index contributed by atoms with van der Waals surface area (Å²) in [5.74, 6) is 0.484. The molecule has 2 aromatic rings. The number of alkyl halides is 3. The lowest BCUT2D eigenvalue weighted by molar-refractivity contribution is -0.367. The van der Waals surface area contributed by atoms with Gasteiger partial charge in [-0.25, -0.2) is 13.4 Å². The molecule has 0 aliphatic carbocycles. The molecule has 1 N–H and O–H groups in total. The van der Waals surface area contributed by atoms with Gasteiger partial charge >= 0.3 is 6.18 Å². The molecule has 2 heterocycles. The molecule has 0 spiro atoms. The van der Waals surface area contributed by atoms with E-state index in [-0.39, 0.29) is 23.5 Å². The van der Waals surface area contributed by atoms with E-state index < -0.39 is 21.8 Å². The van der Waals surface area contributed by atoms with Crippen LogP contribution in [0, 0.1) is 11.3 Å². The summed E-state index contributed by atoms with van der Waals surface area (Å²) in [6, 6.07) is 10.2. The van der Waals surface area contributed by atoms with Crippen LogP contribution in [-0.4, -0.2) is 38.9 Å². The van der Waals surface area contributed by atoms with Gasteiger partial charge in [-0.05, 0) is 18.2 Å². The van der Waals surface area contributed by atoms with Crippen LogP contribution in [0.15, 0.2) is 47.5 Å². The van der Waals surface area contributed by atoms with E-state index in [9.17, 15) is 21.6 Å². The summed E-state index contributed by atoms with van der Waals surface area (Å²) in [6.45, 7) is 0.958. The minimum Gasteiger partial charge on any atom is -0.259 e. The summed E-state index contributed by atoms with van der Waals surface area (Å²) in [7, 11) is -3.81. The highest BCUT2D eigenvalue weighted by Crippen LogP contribution is 2.28. The van der Waals surface area contributed by atoms with Gasteiger partial charge in [-0.3, -0.25) is 4.90 Å². The first kappa shape index (κ1) is 19.1. The molecule has 0 atom stereocenters. The third-order valence-electron chi connectivity index (χ3n) is 4.33. The summed E-state index contributed by atoms with van der Waals surface area (Å²) in [6.07, 6.45) is -3.53. The Morgan fingerprint density at radius 1 is 1.04 bits per heavy atom. The highest BCUT2D eigenvalue weighted by molar-refractivity contribution is 7.89. The number of nitrogens with one attached hydrogen (secondary N) is 1. The molecule has 1 aromatic heterocycles. The molecule has 1 aliphatic rings. The van der Waals surface area contributed by atoms with Gasteiger partial charge in [-0.1, -0.05) is 12.1 Å². The van der Waals surface area contributed by atoms with Crippen LogP contribution in [0.25, 0.3) is 0 Å². The van der Waals surface area contributed by atoms with E-state index in [1.54, 1.807) is 17.0 Å². The zero-order valence-electron chi connectivity index (χ0n) is 14.1. The number of anilines is 1. The maximum atomic E-state index is 12.8. The van der Waals surface area contributed by atoms with Gasteiger partial charge in [0.2, 0.25) is 10.0 Å². The molecule has 142 valence electrons. The van der Waals surface area contributed by atoms with Crippen LogP contribution in [-0.2, 0) is 16.2 Å². The molecule has 10 heteroatoms. The van der Waals surface area contributed by atoms with Crippen LogP contribution in [0.3, 0.4) is 0 Å². The van der Waals surface area contributed by atoms with Crippen molar-refractivity contribution in [3.8, 4) is 6.07 Å². The number of H-pyrrole nitrogens is 1. The van der Waals surface area contributed by atoms with Crippen LogP contribution >= 0.6 is 0 Å². The van der Waals surface area contributed by atoms with Crippen LogP contribution < -0.4 is 9.88 Å². The monoisotopic (exact) mass is 397 g/mol. The van der Waals surface area contributed by atoms with E-state index in [0.717, 1.165) is 12.3 Å². The van der Waals surface area contributed by atoms with E-state index in [4.69, 9.17) is 5.26 Å². The zero-order chi connectivity index (χ0) is 19.7. The average molecular weight is 397 g/mol. The quantitative estimate of drug-likeness (QED) is 0.793. The normalized spacial score (nSPS) is 16.1. The molecule has 3 rings (SSSR count). The van der Waals surface area contributed by atoms with E-state index in [1.807, 2.05) is 6.07 Å². The maximum absolute atomic E-state index is 12.8. The first-order valence-electron chi connectivity index (χ1n) is 8.06. The number of halogens is 3. The molecule has 0 radical (unpaired) electrons. The zero-order valence-corrected chi connectivity index (χ0v) is 14.9. The molecule has 1 saturated heterocycles. The van der Waals surface area contributed by atoms with Crippen molar-refractivity contribution in [3.63, 3.8) is 0 Å². The summed E-state index contributed by atoms with van der Waals surface area (Å²) in [5, 5.41) is 9.13. The third-order valence-corrected chi connectivity index (χ3v) is 6.29. The molecule has 27 heavy (non-hydrogen) atoms. The average Bonchev–Trinajstić information content (AvgIpc) is 2.67. The van der Waals surface area contributed by atoms with Gasteiger partial charge in [0.1, 0.15) is 12.3 Å². The van der Waals surface area contributed by atoms with E-state index >= 15 is 0 Å². The van der Waals surface area contributed by atoms with Crippen molar-refractivity contribution in [2.45, 2.75) is 11.1 Å². The van der Waals surface area contributed by atoms with Crippen molar-refractivity contribution >= 4 is 15.8 Å². The van der Waals surface area contributed by atoms with Crippen molar-refractivity contribution in [3.05, 3.63) is 53.7 Å². The Kier molecular flexibility index (Phi) is 5.08. The summed E-state index contributed by atoms with van der Waals surface area (Å²) < 4.78 is 64.8. The van der Waals surface area contributed by atoms with E-state index in [2.05, 4.69) is 4.98 Å². The van der Waals surface area contributed by atoms with Crippen LogP contribution in [0.4, 0.5) is 19.0 Å². The number of nitriles is 1. The lowest BCUT2D eigenvalue weighted by Crippen LogP contribution is -2.50. The van der Waals surface area contributed by atoms with Gasteiger partial charge in [-0.2, -0.15) is 22.7 Å². The summed E-state index contributed by atoms with van der Waals surface area (Å²) in [4.78, 5) is 4.35. The van der Waals surface area contributed by atoms with Crippen LogP contribution in [0.5, 0.6) is 0 Å². The number of nitrogens with zero attached hydrogens (tertiary/aromatic N) is 3. The number of pyridine rings is 1. The van der Waals surface area contributed by atoms with Gasteiger partial charge in [0.25, 0.3) is 5.82 Å². The molecular weight excluding hydrogens is 381 g/mol. The summed E-state index contributed by atoms with van der Waals surface area (Å²) in [5.41, 5.74) is -0.698. The summed E-state index contributed by atoms with van der Waals surface area (Å²) >= 11 is 0. The molecule has 1 aliphatic heterocycles. The Morgan fingerprint density at radius 3 is 2.26 bits per heavy atom. The Hall–Kier alpha value is -2.64. The van der Waals surface area contributed by atoms with Crippen molar-refractivity contribution in [1.29, 1.82) is 5.26 Å². The molecule has 0 saturated carbocycles. The fourth-order valence-electron chi connectivity index (χ4n) is 2.88.